The van der Waals surface area contributed by atoms with Crippen molar-refractivity contribution in [2.45, 2.75) is 191 Å². The minimum Gasteiger partial charge on any atom is -0.128 e. The van der Waals surface area contributed by atoms with Crippen molar-refractivity contribution in [1.82, 2.24) is 0 Å². The predicted molar refractivity (Wildman–Crippen MR) is 250 cm³/mol. The molecule has 46 heavy (non-hydrogen) atoms. The second-order valence-electron chi connectivity index (χ2n) is 22.7. The third kappa shape index (κ3) is 8.81. The summed E-state index contributed by atoms with van der Waals surface area (Å²) in [6.07, 6.45) is 0. The van der Waals surface area contributed by atoms with Gasteiger partial charge in [-0.2, -0.15) is 0 Å². The molecule has 1 unspecified atom stereocenters. The standard InChI is InChI=1S/C36H83BrSi9/c1-25-46(26-2,27-3)38(37)33-31(34(39(4,5)6)40(7,8)9)28-30(29-32(33)35(41(10,11)12)42(13,14)15)36(43(16,17)18,44(19,20)21)45(22,23)24/h28-29,34-35,38H,25-27H2,1-24H3. The van der Waals surface area contributed by atoms with Gasteiger partial charge in [0.1, 0.15) is 6.93 Å². The van der Waals surface area contributed by atoms with E-state index in [0.717, 1.165) is 10.3 Å². The summed E-state index contributed by atoms with van der Waals surface area (Å²) in [6, 6.07) is 10.4. The summed E-state index contributed by atoms with van der Waals surface area (Å²) >= 11 is 4.88. The summed E-state index contributed by atoms with van der Waals surface area (Å²) in [5.74, 6) is 0. The van der Waals surface area contributed by atoms with Gasteiger partial charge in [-0.3, -0.25) is 0 Å². The Morgan fingerprint density at radius 3 is 0.913 bits per heavy atom. The second-order valence-corrected chi connectivity index (χ2v) is 79.2. The van der Waals surface area contributed by atoms with Crippen LogP contribution < -0.4 is 5.19 Å². The molecule has 0 spiro atoms. The van der Waals surface area contributed by atoms with Crippen LogP contribution in [-0.4, -0.2) is 71.0 Å². The predicted octanol–water partition coefficient (Wildman–Crippen LogP) is 13.1. The fourth-order valence-corrected chi connectivity index (χ4v) is 89.3. The van der Waals surface area contributed by atoms with Crippen molar-refractivity contribution in [1.29, 1.82) is 0 Å². The van der Waals surface area contributed by atoms with Gasteiger partial charge >= 0.3 is 0 Å². The van der Waals surface area contributed by atoms with Gasteiger partial charge in [0.25, 0.3) is 0 Å². The van der Waals surface area contributed by atoms with Gasteiger partial charge in [0.15, 0.2) is 0 Å². The van der Waals surface area contributed by atoms with E-state index >= 15 is 0 Å². The first kappa shape index (κ1) is 45.7. The Labute approximate surface area is 309 Å². The highest BCUT2D eigenvalue weighted by atomic mass is 79.9. The maximum absolute atomic E-state index is 4.88. The molecule has 0 nitrogen and oxygen atoms in total. The van der Waals surface area contributed by atoms with E-state index in [0.29, 0.717) is 4.28 Å². The number of benzene rings is 1. The Morgan fingerprint density at radius 2 is 0.739 bits per heavy atom. The van der Waals surface area contributed by atoms with Crippen molar-refractivity contribution in [3.05, 3.63) is 28.8 Å². The maximum atomic E-state index is 4.88. The van der Waals surface area contributed by atoms with Crippen LogP contribution in [0.3, 0.4) is 0 Å². The van der Waals surface area contributed by atoms with Crippen LogP contribution in [0.4, 0.5) is 0 Å². The quantitative estimate of drug-likeness (QED) is 0.122. The lowest BCUT2D eigenvalue weighted by Crippen LogP contribution is -2.74. The summed E-state index contributed by atoms with van der Waals surface area (Å²) < 4.78 is 0.403. The Hall–Kier alpha value is 1.65. The molecule has 270 valence electrons. The second kappa shape index (κ2) is 14.6. The molecule has 1 aromatic carbocycles. The monoisotopic (exact) mass is 846 g/mol. The number of hydrogen-bond donors (Lipinski definition) is 0. The average Bonchev–Trinajstić information content (AvgIpc) is 2.73. The summed E-state index contributed by atoms with van der Waals surface area (Å²) in [5.41, 5.74) is 5.70. The summed E-state index contributed by atoms with van der Waals surface area (Å²) in [6.45, 7) is 64.0. The molecular formula is C36H83BrSi9. The first-order chi connectivity index (χ1) is 20.0. The number of rotatable bonds is 15. The van der Waals surface area contributed by atoms with Gasteiger partial charge < -0.3 is 0 Å². The highest BCUT2D eigenvalue weighted by molar-refractivity contribution is 9.26. The average molecular weight is 849 g/mol. The lowest BCUT2D eigenvalue weighted by molar-refractivity contribution is 0.995. The summed E-state index contributed by atoms with van der Waals surface area (Å²) in [4.78, 5) is 0. The van der Waals surface area contributed by atoms with Crippen LogP contribution in [0.5, 0.6) is 0 Å². The number of hydrogen-bond acceptors (Lipinski definition) is 0. The van der Waals surface area contributed by atoms with Crippen molar-refractivity contribution in [3.8, 4) is 0 Å². The minimum atomic E-state index is -1.67. The fourth-order valence-electron chi connectivity index (χ4n) is 12.4. The molecule has 0 amide bonds. The molecule has 0 aromatic heterocycles. The molecule has 0 radical (unpaired) electrons. The lowest BCUT2D eigenvalue weighted by Gasteiger charge is -2.60. The zero-order valence-electron chi connectivity index (χ0n) is 35.9. The normalized spacial score (nSPS) is 16.1. The van der Waals surface area contributed by atoms with Gasteiger partial charge in [-0.25, -0.2) is 0 Å². The van der Waals surface area contributed by atoms with E-state index < -0.39 is 71.0 Å². The molecule has 1 aromatic rings. The largest absolute Gasteiger partial charge is 0.137 e. The molecule has 0 bridgehead atoms. The van der Waals surface area contributed by atoms with Crippen molar-refractivity contribution in [2.75, 3.05) is 0 Å². The topological polar surface area (TPSA) is 0 Å². The third-order valence-corrected chi connectivity index (χ3v) is 76.1. The van der Waals surface area contributed by atoms with E-state index in [-0.39, 0.29) is 0 Å². The van der Waals surface area contributed by atoms with Crippen LogP contribution in [0.2, 0.25) is 156 Å². The maximum Gasteiger partial charge on any atom is 0.137 e. The van der Waals surface area contributed by atoms with Gasteiger partial charge in [-0.15, -0.1) is 15.3 Å². The van der Waals surface area contributed by atoms with Crippen LogP contribution in [0.15, 0.2) is 12.1 Å². The fraction of sp³-hybridized carbons (Fsp3) is 0.833. The van der Waals surface area contributed by atoms with E-state index in [1.807, 2.05) is 21.9 Å². The lowest BCUT2D eigenvalue weighted by atomic mass is 10.1. The molecule has 10 heteroatoms. The third-order valence-electron chi connectivity index (χ3n) is 12.0. The Bertz CT molecular complexity index is 1050. The van der Waals surface area contributed by atoms with Gasteiger partial charge in [0.05, 0.1) is 7.59 Å². The molecular weight excluding hydrogens is 765 g/mol. The van der Waals surface area contributed by atoms with E-state index in [1.165, 1.54) is 18.1 Å². The summed E-state index contributed by atoms with van der Waals surface area (Å²) in [7, 11) is -12.8. The molecule has 0 saturated heterocycles. The van der Waals surface area contributed by atoms with Gasteiger partial charge in [0.2, 0.25) is 0 Å². The number of halogens is 1. The minimum absolute atomic E-state index is 0.403. The summed E-state index contributed by atoms with van der Waals surface area (Å²) in [5, 5.41) is 3.55. The zero-order chi connectivity index (χ0) is 37.1. The van der Waals surface area contributed by atoms with E-state index in [2.05, 4.69) is 170 Å². The van der Waals surface area contributed by atoms with Crippen LogP contribution >= 0.6 is 15.3 Å². The van der Waals surface area contributed by atoms with Crippen LogP contribution in [0, 0.1) is 0 Å². The van der Waals surface area contributed by atoms with Gasteiger partial charge in [0, 0.05) is 56.5 Å². The van der Waals surface area contributed by atoms with Crippen LogP contribution in [0.1, 0.15) is 47.8 Å². The highest BCUT2D eigenvalue weighted by Gasteiger charge is 2.61. The molecule has 0 saturated carbocycles. The molecule has 0 heterocycles. The van der Waals surface area contributed by atoms with E-state index in [1.54, 1.807) is 0 Å². The van der Waals surface area contributed by atoms with E-state index in [9.17, 15) is 0 Å². The zero-order valence-corrected chi connectivity index (χ0v) is 46.6. The van der Waals surface area contributed by atoms with Crippen LogP contribution in [0.25, 0.3) is 0 Å². The van der Waals surface area contributed by atoms with Crippen molar-refractivity contribution in [2.24, 2.45) is 0 Å². The first-order valence-corrected chi connectivity index (χ1v) is 51.9. The molecule has 0 aliphatic heterocycles. The molecule has 1 atom stereocenters. The van der Waals surface area contributed by atoms with Crippen molar-refractivity contribution < 1.29 is 0 Å². The van der Waals surface area contributed by atoms with E-state index in [4.69, 9.17) is 15.3 Å². The Balaban J connectivity index is 5.16. The van der Waals surface area contributed by atoms with Gasteiger partial charge in [-0.1, -0.05) is 200 Å². The Kier molecular flexibility index (Phi) is 14.5. The molecule has 1 rings (SSSR count). The molecule has 0 fully saturated rings. The molecule has 0 N–H and O–H groups in total. The van der Waals surface area contributed by atoms with Crippen LogP contribution in [-0.2, 0) is 4.28 Å². The highest BCUT2D eigenvalue weighted by Crippen LogP contribution is 2.52. The Morgan fingerprint density at radius 1 is 0.500 bits per heavy atom. The SMILES string of the molecule is CC[Si](CC)(CC)[SiH](Br)c1c(C([Si](C)(C)C)[Si](C)(C)C)cc(C([Si](C)(C)C)([Si](C)(C)C)[Si](C)(C)C)cc1C([Si](C)(C)C)[Si](C)(C)C. The van der Waals surface area contributed by atoms with Gasteiger partial charge in [-0.05, 0) is 25.4 Å². The van der Waals surface area contributed by atoms with Crippen molar-refractivity contribution >= 4 is 91.5 Å². The first-order valence-electron chi connectivity index (χ1n) is 18.9. The smallest absolute Gasteiger partial charge is 0.128 e. The molecule has 0 aliphatic carbocycles. The molecule has 0 aliphatic rings. The van der Waals surface area contributed by atoms with Crippen molar-refractivity contribution in [3.63, 3.8) is 0 Å².